The van der Waals surface area contributed by atoms with Crippen LogP contribution in [0.15, 0.2) is 24.3 Å². The molecule has 29 heavy (non-hydrogen) atoms. The van der Waals surface area contributed by atoms with Crippen LogP contribution >= 0.6 is 0 Å². The molecule has 3 heterocycles. The van der Waals surface area contributed by atoms with E-state index in [0.717, 1.165) is 38.3 Å². The van der Waals surface area contributed by atoms with Crippen molar-refractivity contribution in [2.75, 3.05) is 42.9 Å². The first-order chi connectivity index (χ1) is 14.1. The third-order valence-corrected chi connectivity index (χ3v) is 6.50. The molecule has 0 spiro atoms. The lowest BCUT2D eigenvalue weighted by Gasteiger charge is -2.41. The van der Waals surface area contributed by atoms with Crippen LogP contribution in [0, 0.1) is 11.8 Å². The van der Waals surface area contributed by atoms with Gasteiger partial charge in [-0.3, -0.25) is 14.4 Å². The summed E-state index contributed by atoms with van der Waals surface area (Å²) in [7, 11) is 0. The van der Waals surface area contributed by atoms with Crippen LogP contribution in [0.25, 0.3) is 0 Å². The molecule has 156 valence electrons. The average Bonchev–Trinajstić information content (AvgIpc) is 2.75. The zero-order valence-corrected chi connectivity index (χ0v) is 17.0. The number of hydrogen-bond acceptors (Lipinski definition) is 5. The monoisotopic (exact) mass is 398 g/mol. The number of amides is 2. The normalized spacial score (nSPS) is 27.9. The maximum absolute atomic E-state index is 13.0. The highest BCUT2D eigenvalue weighted by Gasteiger charge is 2.48. The predicted molar refractivity (Wildman–Crippen MR) is 112 cm³/mol. The summed E-state index contributed by atoms with van der Waals surface area (Å²) in [6.45, 7) is 6.51. The van der Waals surface area contributed by atoms with E-state index in [1.165, 1.54) is 19.3 Å². The molecule has 2 amide bonds. The van der Waals surface area contributed by atoms with E-state index in [-0.39, 0.29) is 17.7 Å². The second-order valence-corrected chi connectivity index (χ2v) is 8.32. The summed E-state index contributed by atoms with van der Waals surface area (Å²) >= 11 is 0. The van der Waals surface area contributed by atoms with Gasteiger partial charge in [0.25, 0.3) is 0 Å². The van der Waals surface area contributed by atoms with Crippen molar-refractivity contribution < 1.29 is 14.4 Å². The number of ketones is 1. The third-order valence-electron chi connectivity index (χ3n) is 6.50. The Kier molecular flexibility index (Phi) is 5.85. The van der Waals surface area contributed by atoms with Crippen molar-refractivity contribution in [1.29, 1.82) is 0 Å². The van der Waals surface area contributed by atoms with Gasteiger partial charge in [-0.05, 0) is 56.5 Å². The Hall–Kier alpha value is -2.41. The van der Waals surface area contributed by atoms with Crippen LogP contribution in [0.2, 0.25) is 0 Å². The number of likely N-dealkylation sites (tertiary alicyclic amines) is 1. The van der Waals surface area contributed by atoms with Crippen molar-refractivity contribution in [2.24, 2.45) is 11.8 Å². The summed E-state index contributed by atoms with van der Waals surface area (Å²) in [6.07, 6.45) is 4.44. The Morgan fingerprint density at radius 2 is 1.83 bits per heavy atom. The van der Waals surface area contributed by atoms with E-state index in [4.69, 9.17) is 0 Å². The van der Waals surface area contributed by atoms with Gasteiger partial charge in [0.15, 0.2) is 11.7 Å². The number of nitrogens with zero attached hydrogens (tertiary/aromatic N) is 2. The lowest BCUT2D eigenvalue weighted by molar-refractivity contribution is -0.147. The van der Waals surface area contributed by atoms with Gasteiger partial charge in [-0.1, -0.05) is 6.92 Å². The Bertz CT molecular complexity index is 773. The largest absolute Gasteiger partial charge is 0.372 e. The van der Waals surface area contributed by atoms with Gasteiger partial charge >= 0.3 is 0 Å². The molecule has 0 aromatic heterocycles. The predicted octanol–water partition coefficient (Wildman–Crippen LogP) is 1.64. The van der Waals surface area contributed by atoms with Crippen LogP contribution in [-0.4, -0.2) is 61.3 Å². The van der Waals surface area contributed by atoms with Crippen LogP contribution in [0.5, 0.6) is 0 Å². The number of hydrogen-bond donors (Lipinski definition) is 2. The van der Waals surface area contributed by atoms with Crippen LogP contribution in [-0.2, 0) is 14.4 Å². The molecule has 1 aromatic carbocycles. The van der Waals surface area contributed by atoms with E-state index in [2.05, 4.69) is 27.4 Å². The molecule has 3 saturated heterocycles. The van der Waals surface area contributed by atoms with Gasteiger partial charge in [0, 0.05) is 43.6 Å². The smallest absolute Gasteiger partial charge is 0.244 e. The first-order valence-corrected chi connectivity index (χ1v) is 10.8. The van der Waals surface area contributed by atoms with E-state index in [9.17, 15) is 14.4 Å². The molecular formula is C22H30N4O3. The highest BCUT2D eigenvalue weighted by molar-refractivity contribution is 6.23. The van der Waals surface area contributed by atoms with Crippen LogP contribution in [0.3, 0.4) is 0 Å². The van der Waals surface area contributed by atoms with Gasteiger partial charge < -0.3 is 20.4 Å². The van der Waals surface area contributed by atoms with Crippen LogP contribution in [0.4, 0.5) is 11.4 Å². The molecule has 4 rings (SSSR count). The number of piperidine rings is 3. The van der Waals surface area contributed by atoms with Crippen molar-refractivity contribution in [3.63, 3.8) is 0 Å². The zero-order valence-electron chi connectivity index (χ0n) is 17.0. The summed E-state index contributed by atoms with van der Waals surface area (Å²) in [5.74, 6) is -2.83. The Morgan fingerprint density at radius 3 is 2.52 bits per heavy atom. The molecule has 0 aliphatic carbocycles. The van der Waals surface area contributed by atoms with E-state index in [1.54, 1.807) is 0 Å². The molecule has 0 saturated carbocycles. The van der Waals surface area contributed by atoms with Crippen molar-refractivity contribution in [2.45, 2.75) is 38.6 Å². The number of nitrogens with one attached hydrogen (secondary N) is 2. The Balaban J connectivity index is 1.42. The molecule has 7 heteroatoms. The van der Waals surface area contributed by atoms with Crippen molar-refractivity contribution >= 4 is 29.0 Å². The maximum atomic E-state index is 13.0. The molecular weight excluding hydrogens is 368 g/mol. The minimum Gasteiger partial charge on any atom is -0.372 e. The minimum atomic E-state index is -1.27. The topological polar surface area (TPSA) is 81.8 Å². The lowest BCUT2D eigenvalue weighted by atomic mass is 9.78. The fourth-order valence-corrected chi connectivity index (χ4v) is 4.75. The van der Waals surface area contributed by atoms with Crippen LogP contribution in [0.1, 0.15) is 32.6 Å². The molecule has 3 aliphatic heterocycles. The SMILES string of the molecule is CCN1CC[C@@H]2NC(=O)C(C(=O)Nc3ccc(N4CCCCC4)cc3)C(=O)[C@H]2C1. The first-order valence-electron chi connectivity index (χ1n) is 10.8. The van der Waals surface area contributed by atoms with Gasteiger partial charge in [0.05, 0.1) is 5.92 Å². The number of Topliss-reactive ketones (excluding diaryl/α,β-unsaturated/α-hetero) is 1. The highest BCUT2D eigenvalue weighted by Crippen LogP contribution is 2.27. The summed E-state index contributed by atoms with van der Waals surface area (Å²) in [4.78, 5) is 42.8. The molecule has 3 atom stereocenters. The maximum Gasteiger partial charge on any atom is 0.244 e. The van der Waals surface area contributed by atoms with Crippen LogP contribution < -0.4 is 15.5 Å². The van der Waals surface area contributed by atoms with Gasteiger partial charge in [0.2, 0.25) is 11.8 Å². The fraction of sp³-hybridized carbons (Fsp3) is 0.591. The third kappa shape index (κ3) is 4.15. The molecule has 1 unspecified atom stereocenters. The Morgan fingerprint density at radius 1 is 1.10 bits per heavy atom. The summed E-state index contributed by atoms with van der Waals surface area (Å²) < 4.78 is 0. The minimum absolute atomic E-state index is 0.148. The molecule has 0 radical (unpaired) electrons. The molecule has 7 nitrogen and oxygen atoms in total. The molecule has 3 aliphatic rings. The number of benzene rings is 1. The highest BCUT2D eigenvalue weighted by atomic mass is 16.2. The van der Waals surface area contributed by atoms with Crippen molar-refractivity contribution in [1.82, 2.24) is 10.2 Å². The van der Waals surface area contributed by atoms with E-state index < -0.39 is 17.7 Å². The zero-order chi connectivity index (χ0) is 20.4. The summed E-state index contributed by atoms with van der Waals surface area (Å²) in [6, 6.07) is 7.51. The first kappa shape index (κ1) is 19.9. The van der Waals surface area contributed by atoms with E-state index in [1.807, 2.05) is 24.3 Å². The second-order valence-electron chi connectivity index (χ2n) is 8.32. The van der Waals surface area contributed by atoms with Gasteiger partial charge in [-0.15, -0.1) is 0 Å². The lowest BCUT2D eigenvalue weighted by Crippen LogP contribution is -2.63. The molecule has 0 bridgehead atoms. The number of fused-ring (bicyclic) bond motifs is 1. The van der Waals surface area contributed by atoms with Gasteiger partial charge in [-0.2, -0.15) is 0 Å². The summed E-state index contributed by atoms with van der Waals surface area (Å²) in [5, 5.41) is 5.68. The van der Waals surface area contributed by atoms with E-state index in [0.29, 0.717) is 12.2 Å². The molecule has 2 N–H and O–H groups in total. The molecule has 1 aromatic rings. The average molecular weight is 399 g/mol. The molecule has 3 fully saturated rings. The fourth-order valence-electron chi connectivity index (χ4n) is 4.75. The standard InChI is InChI=1S/C22H30N4O3/c1-2-25-13-10-18-17(14-25)20(27)19(22(29)24-18)21(28)23-15-6-8-16(9-7-15)26-11-4-3-5-12-26/h6-9,17-19H,2-5,10-14H2,1H3,(H,23,28)(H,24,29)/t17-,18-,19?/m0/s1. The Labute approximate surface area is 171 Å². The number of carbonyl (C=O) groups excluding carboxylic acids is 3. The second kappa shape index (κ2) is 8.53. The van der Waals surface area contributed by atoms with E-state index >= 15 is 0 Å². The quantitative estimate of drug-likeness (QED) is 0.754. The van der Waals surface area contributed by atoms with Gasteiger partial charge in [-0.25, -0.2) is 0 Å². The number of rotatable bonds is 4. The number of carbonyl (C=O) groups is 3. The van der Waals surface area contributed by atoms with Crippen molar-refractivity contribution in [3.8, 4) is 0 Å². The van der Waals surface area contributed by atoms with Crippen molar-refractivity contribution in [3.05, 3.63) is 24.3 Å². The number of anilines is 2. The van der Waals surface area contributed by atoms with Gasteiger partial charge in [0.1, 0.15) is 0 Å². The summed E-state index contributed by atoms with van der Waals surface area (Å²) in [5.41, 5.74) is 1.75.